The molecule has 0 saturated carbocycles. The van der Waals surface area contributed by atoms with E-state index in [1.54, 1.807) is 30.3 Å². The molecule has 1 atom stereocenters. The Kier molecular flexibility index (Phi) is 4.61. The van der Waals surface area contributed by atoms with E-state index in [9.17, 15) is 9.00 Å². The molecule has 0 fully saturated rings. The van der Waals surface area contributed by atoms with E-state index >= 15 is 0 Å². The number of carbonyl (C=O) groups is 1. The van der Waals surface area contributed by atoms with Crippen molar-refractivity contribution in [2.75, 3.05) is 12.8 Å². The largest absolute Gasteiger partial charge is 0.340 e. The first-order chi connectivity index (χ1) is 7.54. The zero-order valence-electron chi connectivity index (χ0n) is 9.77. The minimum Gasteiger partial charge on any atom is -0.340 e. The summed E-state index contributed by atoms with van der Waals surface area (Å²) in [4.78, 5) is 17.5. The highest BCUT2D eigenvalue weighted by atomic mass is 32.2. The highest BCUT2D eigenvalue weighted by Crippen LogP contribution is 2.09. The van der Waals surface area contributed by atoms with Crippen molar-refractivity contribution in [2.45, 2.75) is 25.3 Å². The summed E-state index contributed by atoms with van der Waals surface area (Å²) >= 11 is 0. The Morgan fingerprint density at radius 1 is 1.56 bits per heavy atom. The maximum atomic E-state index is 11.6. The molecule has 0 spiro atoms. The van der Waals surface area contributed by atoms with Crippen LogP contribution in [0.1, 0.15) is 19.5 Å². The zero-order chi connectivity index (χ0) is 12.1. The van der Waals surface area contributed by atoms with Crippen LogP contribution >= 0.6 is 0 Å². The van der Waals surface area contributed by atoms with Crippen LogP contribution in [0.2, 0.25) is 0 Å². The van der Waals surface area contributed by atoms with Gasteiger partial charge in [-0.1, -0.05) is 6.92 Å². The fourth-order valence-electron chi connectivity index (χ4n) is 1.21. The maximum Gasteiger partial charge on any atom is 0.219 e. The van der Waals surface area contributed by atoms with Crippen LogP contribution in [0.15, 0.2) is 23.2 Å². The second-order valence-electron chi connectivity index (χ2n) is 3.49. The summed E-state index contributed by atoms with van der Waals surface area (Å²) in [5, 5.41) is 0. The molecule has 5 heteroatoms. The third kappa shape index (κ3) is 3.41. The second-order valence-corrected chi connectivity index (χ2v) is 5.23. The Morgan fingerprint density at radius 3 is 2.81 bits per heavy atom. The van der Waals surface area contributed by atoms with E-state index in [1.165, 1.54) is 6.92 Å². The topological polar surface area (TPSA) is 50.3 Å². The third-order valence-corrected chi connectivity index (χ3v) is 3.55. The first-order valence-electron chi connectivity index (χ1n) is 5.09. The van der Waals surface area contributed by atoms with Crippen LogP contribution in [-0.2, 0) is 22.1 Å². The van der Waals surface area contributed by atoms with Gasteiger partial charge in [-0.3, -0.25) is 14.0 Å². The van der Waals surface area contributed by atoms with Crippen molar-refractivity contribution >= 4 is 16.7 Å². The molecule has 0 N–H and O–H groups in total. The molecule has 1 rings (SSSR count). The third-order valence-electron chi connectivity index (χ3n) is 2.25. The molecule has 1 unspecified atom stereocenters. The van der Waals surface area contributed by atoms with E-state index in [4.69, 9.17) is 0 Å². The monoisotopic (exact) mass is 240 g/mol. The van der Waals surface area contributed by atoms with Crippen molar-refractivity contribution in [3.05, 3.63) is 24.0 Å². The molecular weight excluding hydrogens is 224 g/mol. The Hall–Kier alpha value is -1.23. The Morgan fingerprint density at radius 2 is 2.25 bits per heavy atom. The number of carbonyl (C=O) groups excluding carboxylic acids is 1. The molecule has 0 bridgehead atoms. The predicted octanol–water partition coefficient (Wildman–Crippen LogP) is 1.19. The van der Waals surface area contributed by atoms with Gasteiger partial charge in [0.1, 0.15) is 0 Å². The van der Waals surface area contributed by atoms with Gasteiger partial charge >= 0.3 is 0 Å². The minimum absolute atomic E-state index is 0.0104. The molecule has 88 valence electrons. The normalized spacial score (nSPS) is 12.2. The summed E-state index contributed by atoms with van der Waals surface area (Å²) in [5.41, 5.74) is 0.761. The number of aromatic nitrogens is 1. The lowest BCUT2D eigenvalue weighted by atomic mass is 10.3. The van der Waals surface area contributed by atoms with Crippen molar-refractivity contribution in [3.63, 3.8) is 0 Å². The first kappa shape index (κ1) is 12.8. The Labute approximate surface area is 98.1 Å². The second kappa shape index (κ2) is 5.75. The molecule has 1 heterocycles. The summed E-state index contributed by atoms with van der Waals surface area (Å²) in [7, 11) is 0.746. The fourth-order valence-corrected chi connectivity index (χ4v) is 2.02. The zero-order valence-corrected chi connectivity index (χ0v) is 10.6. The van der Waals surface area contributed by atoms with Crippen LogP contribution in [-0.4, -0.2) is 32.8 Å². The number of hydrogen-bond acceptors (Lipinski definition) is 3. The van der Waals surface area contributed by atoms with Gasteiger partial charge in [0.25, 0.3) is 0 Å². The maximum absolute atomic E-state index is 11.6. The summed E-state index contributed by atoms with van der Waals surface area (Å²) < 4.78 is 11.6. The van der Waals surface area contributed by atoms with Crippen LogP contribution in [0, 0.1) is 0 Å². The molecule has 0 aliphatic heterocycles. The molecule has 0 saturated heterocycles. The van der Waals surface area contributed by atoms with E-state index in [-0.39, 0.29) is 5.91 Å². The standard InChI is InChI=1S/C11H16N2O2S/c1-4-16(15)11-5-6-12-10(7-11)8-13(3)9(2)14/h5-7H,4,8H2,1-3H3. The van der Waals surface area contributed by atoms with Crippen LogP contribution in [0.4, 0.5) is 0 Å². The van der Waals surface area contributed by atoms with Gasteiger partial charge in [-0.25, -0.2) is 0 Å². The van der Waals surface area contributed by atoms with Crippen molar-refractivity contribution in [3.8, 4) is 0 Å². The van der Waals surface area contributed by atoms with Crippen molar-refractivity contribution < 1.29 is 9.00 Å². The SMILES string of the molecule is CCS(=O)c1ccnc(CN(C)C(C)=O)c1. The van der Waals surface area contributed by atoms with Crippen molar-refractivity contribution in [1.82, 2.24) is 9.88 Å². The number of pyridine rings is 1. The van der Waals surface area contributed by atoms with Crippen LogP contribution in [0.25, 0.3) is 0 Å². The lowest BCUT2D eigenvalue weighted by Crippen LogP contribution is -2.23. The van der Waals surface area contributed by atoms with Gasteiger partial charge in [-0.15, -0.1) is 0 Å². The molecular formula is C11H16N2O2S. The van der Waals surface area contributed by atoms with Gasteiger partial charge in [0.05, 0.1) is 23.0 Å². The lowest BCUT2D eigenvalue weighted by molar-refractivity contribution is -0.128. The van der Waals surface area contributed by atoms with E-state index < -0.39 is 10.8 Å². The molecule has 0 aliphatic rings. The molecule has 0 aromatic carbocycles. The average molecular weight is 240 g/mol. The Bertz CT molecular complexity index is 407. The first-order valence-corrected chi connectivity index (χ1v) is 6.41. The average Bonchev–Trinajstić information content (AvgIpc) is 2.28. The molecule has 0 radical (unpaired) electrons. The Balaban J connectivity index is 2.82. The van der Waals surface area contributed by atoms with E-state index in [0.29, 0.717) is 12.3 Å². The summed E-state index contributed by atoms with van der Waals surface area (Å²) in [5.74, 6) is 0.579. The summed E-state index contributed by atoms with van der Waals surface area (Å²) in [6, 6.07) is 3.54. The van der Waals surface area contributed by atoms with Crippen LogP contribution in [0.3, 0.4) is 0 Å². The number of amides is 1. The summed E-state index contributed by atoms with van der Waals surface area (Å²) in [6.07, 6.45) is 1.63. The van der Waals surface area contributed by atoms with Crippen molar-refractivity contribution in [2.24, 2.45) is 0 Å². The molecule has 1 amide bonds. The van der Waals surface area contributed by atoms with Gasteiger partial charge < -0.3 is 4.90 Å². The van der Waals surface area contributed by atoms with Gasteiger partial charge in [-0.2, -0.15) is 0 Å². The number of nitrogens with zero attached hydrogens (tertiary/aromatic N) is 2. The predicted molar refractivity (Wildman–Crippen MR) is 63.3 cm³/mol. The number of hydrogen-bond donors (Lipinski definition) is 0. The van der Waals surface area contributed by atoms with Crippen molar-refractivity contribution in [1.29, 1.82) is 0 Å². The molecule has 1 aromatic rings. The smallest absolute Gasteiger partial charge is 0.219 e. The van der Waals surface area contributed by atoms with Crippen LogP contribution < -0.4 is 0 Å². The molecule has 16 heavy (non-hydrogen) atoms. The highest BCUT2D eigenvalue weighted by Gasteiger charge is 2.07. The van der Waals surface area contributed by atoms with E-state index in [2.05, 4.69) is 4.98 Å². The summed E-state index contributed by atoms with van der Waals surface area (Å²) in [6.45, 7) is 3.83. The van der Waals surface area contributed by atoms with Crippen LogP contribution in [0.5, 0.6) is 0 Å². The molecule has 0 aliphatic carbocycles. The van der Waals surface area contributed by atoms with E-state index in [1.807, 2.05) is 6.92 Å². The molecule has 1 aromatic heterocycles. The minimum atomic E-state index is -0.970. The highest BCUT2D eigenvalue weighted by molar-refractivity contribution is 7.85. The number of rotatable bonds is 4. The van der Waals surface area contributed by atoms with Gasteiger partial charge in [-0.05, 0) is 12.1 Å². The van der Waals surface area contributed by atoms with E-state index in [0.717, 1.165) is 10.6 Å². The van der Waals surface area contributed by atoms with Gasteiger partial charge in [0.15, 0.2) is 0 Å². The lowest BCUT2D eigenvalue weighted by Gasteiger charge is -2.14. The van der Waals surface area contributed by atoms with Gasteiger partial charge in [0.2, 0.25) is 5.91 Å². The fraction of sp³-hybridized carbons (Fsp3) is 0.455. The quantitative estimate of drug-likeness (QED) is 0.794. The van der Waals surface area contributed by atoms with Gasteiger partial charge in [0, 0.05) is 30.8 Å². The molecule has 4 nitrogen and oxygen atoms in total.